The minimum absolute atomic E-state index is 0.0310. The van der Waals surface area contributed by atoms with Crippen LogP contribution in [0.3, 0.4) is 0 Å². The van der Waals surface area contributed by atoms with Crippen molar-refractivity contribution in [2.24, 2.45) is 0 Å². The summed E-state index contributed by atoms with van der Waals surface area (Å²) in [7, 11) is 0. The fraction of sp³-hybridized carbons (Fsp3) is 0.300. The van der Waals surface area contributed by atoms with Crippen LogP contribution in [0.2, 0.25) is 0 Å². The van der Waals surface area contributed by atoms with Gasteiger partial charge in [0.15, 0.2) is 6.61 Å². The van der Waals surface area contributed by atoms with Crippen molar-refractivity contribution in [1.82, 2.24) is 20.5 Å². The average molecular weight is 379 g/mol. The van der Waals surface area contributed by atoms with Gasteiger partial charge in [-0.2, -0.15) is 0 Å². The third-order valence-electron chi connectivity index (χ3n) is 4.60. The van der Waals surface area contributed by atoms with E-state index in [1.54, 1.807) is 23.1 Å². The molecule has 1 aliphatic rings. The van der Waals surface area contributed by atoms with Gasteiger partial charge in [0, 0.05) is 23.8 Å². The van der Waals surface area contributed by atoms with E-state index in [1.165, 1.54) is 4.85 Å². The molecule has 0 radical (unpaired) electrons. The highest BCUT2D eigenvalue weighted by Crippen LogP contribution is 2.27. The molecule has 4 rings (SSSR count). The number of anilines is 1. The van der Waals surface area contributed by atoms with E-state index in [0.29, 0.717) is 23.1 Å². The minimum atomic E-state index is -0.186. The zero-order chi connectivity index (χ0) is 19.7. The molecule has 0 saturated carbocycles. The van der Waals surface area contributed by atoms with Crippen molar-refractivity contribution in [2.45, 2.75) is 26.3 Å². The first kappa shape index (κ1) is 18.0. The van der Waals surface area contributed by atoms with E-state index in [1.807, 2.05) is 38.1 Å². The number of amides is 2. The van der Waals surface area contributed by atoms with Crippen LogP contribution in [0.1, 0.15) is 29.8 Å². The summed E-state index contributed by atoms with van der Waals surface area (Å²) < 4.78 is 0. The predicted molar refractivity (Wildman–Crippen MR) is 104 cm³/mol. The summed E-state index contributed by atoms with van der Waals surface area (Å²) in [6, 6.07) is 12.9. The van der Waals surface area contributed by atoms with Crippen molar-refractivity contribution in [1.29, 1.82) is 0 Å². The maximum atomic E-state index is 12.6. The Morgan fingerprint density at radius 1 is 1.21 bits per heavy atom. The van der Waals surface area contributed by atoms with Gasteiger partial charge in [-0.1, -0.05) is 23.0 Å². The molecule has 8 heteroatoms. The molecule has 0 spiro atoms. The number of carbonyl (C=O) groups is 2. The lowest BCUT2D eigenvalue weighted by Crippen LogP contribution is -2.35. The SMILES string of the molecule is CC(C)NC(=O)c1ccc2nnn(OCC(=O)N3CCc4ccccc43)c2c1. The van der Waals surface area contributed by atoms with Crippen LogP contribution in [0.5, 0.6) is 0 Å². The van der Waals surface area contributed by atoms with E-state index in [0.717, 1.165) is 17.7 Å². The van der Waals surface area contributed by atoms with Crippen molar-refractivity contribution in [3.05, 3.63) is 53.6 Å². The number of aromatic nitrogens is 3. The number of carbonyl (C=O) groups excluding carboxylic acids is 2. The molecule has 2 aromatic carbocycles. The maximum Gasteiger partial charge on any atom is 0.267 e. The summed E-state index contributed by atoms with van der Waals surface area (Å²) in [6.07, 6.45) is 0.836. The summed E-state index contributed by atoms with van der Waals surface area (Å²) in [4.78, 5) is 33.3. The Hall–Kier alpha value is -3.42. The van der Waals surface area contributed by atoms with Crippen LogP contribution in [-0.2, 0) is 11.2 Å². The number of rotatable bonds is 5. The number of hydrogen-bond donors (Lipinski definition) is 1. The molecule has 0 saturated heterocycles. The largest absolute Gasteiger partial charge is 0.385 e. The maximum absolute atomic E-state index is 12.6. The first-order chi connectivity index (χ1) is 13.5. The summed E-state index contributed by atoms with van der Waals surface area (Å²) in [5.74, 6) is -0.336. The molecule has 2 amide bonds. The van der Waals surface area contributed by atoms with Crippen LogP contribution >= 0.6 is 0 Å². The molecule has 0 bridgehead atoms. The van der Waals surface area contributed by atoms with E-state index in [4.69, 9.17) is 4.84 Å². The molecule has 0 atom stereocenters. The van der Waals surface area contributed by atoms with Crippen molar-refractivity contribution < 1.29 is 14.4 Å². The smallest absolute Gasteiger partial charge is 0.267 e. The van der Waals surface area contributed by atoms with Gasteiger partial charge in [0.05, 0.1) is 0 Å². The zero-order valence-corrected chi connectivity index (χ0v) is 15.8. The summed E-state index contributed by atoms with van der Waals surface area (Å²) in [6.45, 7) is 4.26. The Kier molecular flexibility index (Phi) is 4.68. The molecular weight excluding hydrogens is 358 g/mol. The minimum Gasteiger partial charge on any atom is -0.385 e. The fourth-order valence-electron chi connectivity index (χ4n) is 3.27. The molecule has 0 unspecified atom stereocenters. The lowest BCUT2D eigenvalue weighted by Gasteiger charge is -2.17. The molecule has 0 fully saturated rings. The molecule has 1 N–H and O–H groups in total. The highest BCUT2D eigenvalue weighted by atomic mass is 16.7. The molecule has 28 heavy (non-hydrogen) atoms. The quantitative estimate of drug-likeness (QED) is 0.727. The average Bonchev–Trinajstić information content (AvgIpc) is 3.29. The van der Waals surface area contributed by atoms with Gasteiger partial charge in [0.2, 0.25) is 0 Å². The molecule has 8 nitrogen and oxygen atoms in total. The third kappa shape index (κ3) is 3.40. The molecule has 144 valence electrons. The third-order valence-corrected chi connectivity index (χ3v) is 4.60. The number of hydrogen-bond acceptors (Lipinski definition) is 5. The standard InChI is InChI=1S/C20H21N5O3/c1-13(2)21-20(27)15-7-8-16-18(11-15)25(23-22-16)28-12-19(26)24-10-9-14-5-3-4-6-17(14)24/h3-8,11,13H,9-10,12H2,1-2H3,(H,21,27). The van der Waals surface area contributed by atoms with E-state index in [9.17, 15) is 9.59 Å². The zero-order valence-electron chi connectivity index (χ0n) is 15.8. The highest BCUT2D eigenvalue weighted by molar-refractivity contribution is 5.98. The first-order valence-corrected chi connectivity index (χ1v) is 9.21. The van der Waals surface area contributed by atoms with Crippen LogP contribution in [-0.4, -0.2) is 46.2 Å². The molecule has 1 aromatic heterocycles. The van der Waals surface area contributed by atoms with E-state index in [2.05, 4.69) is 15.6 Å². The van der Waals surface area contributed by atoms with Gasteiger partial charge in [-0.15, -0.1) is 5.10 Å². The fourth-order valence-corrected chi connectivity index (χ4v) is 3.27. The van der Waals surface area contributed by atoms with Gasteiger partial charge in [-0.05, 0) is 55.3 Å². The summed E-state index contributed by atoms with van der Waals surface area (Å²) in [5.41, 5.74) is 3.68. The van der Waals surface area contributed by atoms with Crippen molar-refractivity contribution in [3.63, 3.8) is 0 Å². The van der Waals surface area contributed by atoms with Gasteiger partial charge in [0.25, 0.3) is 11.8 Å². The van der Waals surface area contributed by atoms with E-state index < -0.39 is 0 Å². The van der Waals surface area contributed by atoms with Gasteiger partial charge in [-0.3, -0.25) is 9.59 Å². The summed E-state index contributed by atoms with van der Waals surface area (Å²) >= 11 is 0. The van der Waals surface area contributed by atoms with E-state index >= 15 is 0 Å². The van der Waals surface area contributed by atoms with Crippen molar-refractivity contribution >= 4 is 28.5 Å². The normalized spacial score (nSPS) is 13.0. The topological polar surface area (TPSA) is 89.4 Å². The Labute approximate surface area is 162 Å². The van der Waals surface area contributed by atoms with Crippen LogP contribution in [0.4, 0.5) is 5.69 Å². The number of para-hydroxylation sites is 1. The molecule has 1 aliphatic heterocycles. The monoisotopic (exact) mass is 379 g/mol. The highest BCUT2D eigenvalue weighted by Gasteiger charge is 2.24. The Balaban J connectivity index is 1.49. The van der Waals surface area contributed by atoms with Crippen LogP contribution in [0.15, 0.2) is 42.5 Å². The lowest BCUT2D eigenvalue weighted by molar-refractivity contribution is -0.123. The van der Waals surface area contributed by atoms with Crippen molar-refractivity contribution in [2.75, 3.05) is 18.1 Å². The molecule has 3 aromatic rings. The Bertz CT molecular complexity index is 1040. The second kappa shape index (κ2) is 7.30. The van der Waals surface area contributed by atoms with E-state index in [-0.39, 0.29) is 24.5 Å². The van der Waals surface area contributed by atoms with Crippen LogP contribution in [0, 0.1) is 0 Å². The van der Waals surface area contributed by atoms with Gasteiger partial charge >= 0.3 is 0 Å². The Morgan fingerprint density at radius 2 is 2.04 bits per heavy atom. The van der Waals surface area contributed by atoms with Crippen LogP contribution < -0.4 is 15.1 Å². The van der Waals surface area contributed by atoms with Crippen LogP contribution in [0.25, 0.3) is 11.0 Å². The van der Waals surface area contributed by atoms with Gasteiger partial charge < -0.3 is 15.1 Å². The molecule has 0 aliphatic carbocycles. The number of fused-ring (bicyclic) bond motifs is 2. The predicted octanol–water partition coefficient (Wildman–Crippen LogP) is 1.59. The van der Waals surface area contributed by atoms with Gasteiger partial charge in [-0.25, -0.2) is 0 Å². The molecular formula is C20H21N5O3. The number of nitrogens with zero attached hydrogens (tertiary/aromatic N) is 4. The molecule has 2 heterocycles. The second-order valence-corrected chi connectivity index (χ2v) is 6.99. The Morgan fingerprint density at radius 3 is 2.86 bits per heavy atom. The first-order valence-electron chi connectivity index (χ1n) is 9.21. The number of nitrogens with one attached hydrogen (secondary N) is 1. The number of benzene rings is 2. The van der Waals surface area contributed by atoms with Gasteiger partial charge in [0.1, 0.15) is 11.0 Å². The van der Waals surface area contributed by atoms with Crippen molar-refractivity contribution in [3.8, 4) is 0 Å². The second-order valence-electron chi connectivity index (χ2n) is 6.99. The lowest BCUT2D eigenvalue weighted by atomic mass is 10.2. The summed E-state index contributed by atoms with van der Waals surface area (Å²) in [5, 5.41) is 10.8.